The molecule has 3 nitrogen and oxygen atoms in total. The summed E-state index contributed by atoms with van der Waals surface area (Å²) in [7, 11) is 0. The summed E-state index contributed by atoms with van der Waals surface area (Å²) in [6.07, 6.45) is -0.661. The van der Waals surface area contributed by atoms with Gasteiger partial charge in [-0.3, -0.25) is 0 Å². The van der Waals surface area contributed by atoms with Gasteiger partial charge >= 0.3 is 6.16 Å². The highest BCUT2D eigenvalue weighted by Crippen LogP contribution is 2.22. The molecule has 2 aromatic carbocycles. The second-order valence-electron chi connectivity index (χ2n) is 4.95. The normalized spacial score (nSPS) is 10.3. The van der Waals surface area contributed by atoms with Gasteiger partial charge in [0.25, 0.3) is 0 Å². The number of benzene rings is 2. The predicted octanol–water partition coefficient (Wildman–Crippen LogP) is 4.53. The van der Waals surface area contributed by atoms with E-state index in [1.807, 2.05) is 56.3 Å². The lowest BCUT2D eigenvalue weighted by molar-refractivity contribution is 0.0886. The molecule has 104 valence electrons. The molecule has 2 rings (SSSR count). The highest BCUT2D eigenvalue weighted by Gasteiger charge is 2.07. The van der Waals surface area contributed by atoms with Gasteiger partial charge in [0.05, 0.1) is 6.61 Å². The molecule has 0 N–H and O–H groups in total. The van der Waals surface area contributed by atoms with Crippen molar-refractivity contribution >= 4 is 6.16 Å². The van der Waals surface area contributed by atoms with Crippen LogP contribution in [-0.2, 0) is 4.74 Å². The van der Waals surface area contributed by atoms with Gasteiger partial charge in [0.1, 0.15) is 5.75 Å². The topological polar surface area (TPSA) is 35.5 Å². The van der Waals surface area contributed by atoms with Gasteiger partial charge in [-0.2, -0.15) is 0 Å². The van der Waals surface area contributed by atoms with Crippen LogP contribution in [0.5, 0.6) is 5.75 Å². The van der Waals surface area contributed by atoms with Crippen LogP contribution in [0.4, 0.5) is 4.79 Å². The van der Waals surface area contributed by atoms with E-state index < -0.39 is 6.16 Å². The highest BCUT2D eigenvalue weighted by atomic mass is 16.7. The van der Waals surface area contributed by atoms with Crippen LogP contribution >= 0.6 is 0 Å². The lowest BCUT2D eigenvalue weighted by atomic mass is 10.1. The van der Waals surface area contributed by atoms with Crippen LogP contribution in [0.15, 0.2) is 54.6 Å². The first-order valence-electron chi connectivity index (χ1n) is 6.65. The van der Waals surface area contributed by atoms with E-state index in [9.17, 15) is 4.79 Å². The maximum absolute atomic E-state index is 11.4. The third-order valence-electron chi connectivity index (χ3n) is 2.70. The van der Waals surface area contributed by atoms with Crippen molar-refractivity contribution in [2.75, 3.05) is 6.61 Å². The average molecular weight is 270 g/mol. The molecule has 0 saturated heterocycles. The Bertz CT molecular complexity index is 544. The standard InChI is InChI=1S/C17H18O3/c1-13(2)12-19-17(18)20-16-10-8-15(9-11-16)14-6-4-3-5-7-14/h3-11,13H,12H2,1-2H3. The van der Waals surface area contributed by atoms with E-state index in [1.54, 1.807) is 12.1 Å². The molecule has 0 radical (unpaired) electrons. The van der Waals surface area contributed by atoms with Crippen molar-refractivity contribution in [3.05, 3.63) is 54.6 Å². The van der Waals surface area contributed by atoms with Gasteiger partial charge < -0.3 is 9.47 Å². The van der Waals surface area contributed by atoms with Gasteiger partial charge in [-0.1, -0.05) is 56.3 Å². The molecule has 0 bridgehead atoms. The molecule has 0 amide bonds. The SMILES string of the molecule is CC(C)COC(=O)Oc1ccc(-c2ccccc2)cc1. The first kappa shape index (κ1) is 14.1. The maximum Gasteiger partial charge on any atom is 0.513 e. The van der Waals surface area contributed by atoms with Crippen LogP contribution in [0.25, 0.3) is 11.1 Å². The molecule has 0 aliphatic heterocycles. The molecule has 0 heterocycles. The van der Waals surface area contributed by atoms with E-state index in [2.05, 4.69) is 0 Å². The van der Waals surface area contributed by atoms with Gasteiger partial charge in [0.2, 0.25) is 0 Å². The van der Waals surface area contributed by atoms with Crippen LogP contribution in [0.3, 0.4) is 0 Å². The fourth-order valence-corrected chi connectivity index (χ4v) is 1.71. The Labute approximate surface area is 119 Å². The largest absolute Gasteiger partial charge is 0.513 e. The second kappa shape index (κ2) is 6.75. The van der Waals surface area contributed by atoms with E-state index in [-0.39, 0.29) is 0 Å². The van der Waals surface area contributed by atoms with Crippen molar-refractivity contribution in [2.24, 2.45) is 5.92 Å². The lowest BCUT2D eigenvalue weighted by Gasteiger charge is -2.08. The first-order chi connectivity index (χ1) is 9.65. The fourth-order valence-electron chi connectivity index (χ4n) is 1.71. The average Bonchev–Trinajstić information content (AvgIpc) is 2.47. The summed E-state index contributed by atoms with van der Waals surface area (Å²) in [6, 6.07) is 17.4. The van der Waals surface area contributed by atoms with Crippen molar-refractivity contribution in [2.45, 2.75) is 13.8 Å². The summed E-state index contributed by atoms with van der Waals surface area (Å²) in [4.78, 5) is 11.4. The molecule has 0 unspecified atom stereocenters. The lowest BCUT2D eigenvalue weighted by Crippen LogP contribution is -2.14. The molecule has 3 heteroatoms. The number of hydrogen-bond donors (Lipinski definition) is 0. The van der Waals surface area contributed by atoms with Crippen molar-refractivity contribution in [1.82, 2.24) is 0 Å². The molecule has 0 saturated carbocycles. The van der Waals surface area contributed by atoms with Crippen molar-refractivity contribution < 1.29 is 14.3 Å². The fraction of sp³-hybridized carbons (Fsp3) is 0.235. The highest BCUT2D eigenvalue weighted by molar-refractivity contribution is 5.67. The Morgan fingerprint density at radius 2 is 1.55 bits per heavy atom. The van der Waals surface area contributed by atoms with Gasteiger partial charge in [0, 0.05) is 0 Å². The van der Waals surface area contributed by atoms with Gasteiger partial charge in [-0.25, -0.2) is 4.79 Å². The van der Waals surface area contributed by atoms with Crippen LogP contribution in [0.2, 0.25) is 0 Å². The molecule has 0 atom stereocenters. The minimum absolute atomic E-state index is 0.294. The smallest absolute Gasteiger partial charge is 0.434 e. The number of rotatable bonds is 4. The van der Waals surface area contributed by atoms with Crippen LogP contribution in [0.1, 0.15) is 13.8 Å². The van der Waals surface area contributed by atoms with E-state index in [0.717, 1.165) is 11.1 Å². The third-order valence-corrected chi connectivity index (χ3v) is 2.70. The molecule has 0 fully saturated rings. The Kier molecular flexibility index (Phi) is 4.77. The molecule has 0 aliphatic rings. The minimum atomic E-state index is -0.661. The Balaban J connectivity index is 1.97. The van der Waals surface area contributed by atoms with E-state index >= 15 is 0 Å². The number of carbonyl (C=O) groups excluding carboxylic acids is 1. The molecule has 2 aromatic rings. The quantitative estimate of drug-likeness (QED) is 0.605. The number of ether oxygens (including phenoxy) is 2. The summed E-state index contributed by atoms with van der Waals surface area (Å²) in [5.41, 5.74) is 2.20. The summed E-state index contributed by atoms with van der Waals surface area (Å²) in [5.74, 6) is 0.779. The minimum Gasteiger partial charge on any atom is -0.434 e. The molecule has 0 aliphatic carbocycles. The van der Waals surface area contributed by atoms with Crippen molar-refractivity contribution in [3.8, 4) is 16.9 Å². The van der Waals surface area contributed by atoms with Gasteiger partial charge in [0.15, 0.2) is 0 Å². The summed E-state index contributed by atoms with van der Waals surface area (Å²) in [6.45, 7) is 4.31. The van der Waals surface area contributed by atoms with E-state index in [0.29, 0.717) is 18.3 Å². The Hall–Kier alpha value is -2.29. The van der Waals surface area contributed by atoms with Crippen LogP contribution < -0.4 is 4.74 Å². The van der Waals surface area contributed by atoms with Gasteiger partial charge in [-0.15, -0.1) is 0 Å². The maximum atomic E-state index is 11.4. The zero-order chi connectivity index (χ0) is 14.4. The van der Waals surface area contributed by atoms with E-state index in [1.165, 1.54) is 0 Å². The molecular formula is C17H18O3. The molecule has 0 spiro atoms. The number of carbonyl (C=O) groups is 1. The van der Waals surface area contributed by atoms with Gasteiger partial charge in [-0.05, 0) is 29.2 Å². The molecule has 0 aromatic heterocycles. The molecular weight excluding hydrogens is 252 g/mol. The Morgan fingerprint density at radius 1 is 0.950 bits per heavy atom. The summed E-state index contributed by atoms with van der Waals surface area (Å²) < 4.78 is 10.1. The second-order valence-corrected chi connectivity index (χ2v) is 4.95. The summed E-state index contributed by atoms with van der Waals surface area (Å²) >= 11 is 0. The Morgan fingerprint density at radius 3 is 2.15 bits per heavy atom. The van der Waals surface area contributed by atoms with Crippen LogP contribution in [-0.4, -0.2) is 12.8 Å². The third kappa shape index (κ3) is 4.12. The zero-order valence-electron chi connectivity index (χ0n) is 11.7. The summed E-state index contributed by atoms with van der Waals surface area (Å²) in [5, 5.41) is 0. The van der Waals surface area contributed by atoms with Crippen LogP contribution in [0, 0.1) is 5.92 Å². The van der Waals surface area contributed by atoms with E-state index in [4.69, 9.17) is 9.47 Å². The number of hydrogen-bond acceptors (Lipinski definition) is 3. The monoisotopic (exact) mass is 270 g/mol. The first-order valence-corrected chi connectivity index (χ1v) is 6.65. The van der Waals surface area contributed by atoms with Crippen molar-refractivity contribution in [3.63, 3.8) is 0 Å². The van der Waals surface area contributed by atoms with Crippen molar-refractivity contribution in [1.29, 1.82) is 0 Å². The predicted molar refractivity (Wildman–Crippen MR) is 78.7 cm³/mol. The molecule has 20 heavy (non-hydrogen) atoms. The zero-order valence-corrected chi connectivity index (χ0v) is 11.7.